The zero-order chi connectivity index (χ0) is 9.97. The van der Waals surface area contributed by atoms with E-state index < -0.39 is 0 Å². The van der Waals surface area contributed by atoms with E-state index in [-0.39, 0.29) is 0 Å². The van der Waals surface area contributed by atoms with E-state index in [0.717, 1.165) is 23.0 Å². The number of hydrogen-bond donors (Lipinski definition) is 1. The van der Waals surface area contributed by atoms with Crippen LogP contribution < -0.4 is 0 Å². The van der Waals surface area contributed by atoms with Crippen LogP contribution in [-0.4, -0.2) is 11.2 Å². The van der Waals surface area contributed by atoms with Gasteiger partial charge in [0.25, 0.3) is 0 Å². The lowest BCUT2D eigenvalue weighted by Crippen LogP contribution is -2.07. The van der Waals surface area contributed by atoms with Crippen LogP contribution >= 0.6 is 28.7 Å². The number of pyridine rings is 1. The van der Waals surface area contributed by atoms with E-state index in [4.69, 9.17) is 0 Å². The smallest absolute Gasteiger partial charge is 0.0833 e. The molecule has 0 spiro atoms. The van der Waals surface area contributed by atoms with Gasteiger partial charge in [-0.05, 0) is 50.1 Å². The van der Waals surface area contributed by atoms with Crippen LogP contribution in [0.2, 0.25) is 0 Å². The number of aromatic nitrogens is 1. The topological polar surface area (TPSA) is 25.2 Å². The van der Waals surface area contributed by atoms with Gasteiger partial charge in [0.1, 0.15) is 0 Å². The first kappa shape index (κ1) is 10.2. The van der Waals surface area contributed by atoms with E-state index in [1.54, 1.807) is 6.21 Å². The SMILES string of the molecule is SN=Cc1cc(Br)c2c(n1)CCCC2. The molecule has 0 N–H and O–H groups in total. The fourth-order valence-electron chi connectivity index (χ4n) is 1.80. The Hall–Kier alpha value is -0.350. The predicted octanol–water partition coefficient (Wildman–Crippen LogP) is 2.99. The van der Waals surface area contributed by atoms with E-state index in [0.29, 0.717) is 0 Å². The summed E-state index contributed by atoms with van der Waals surface area (Å²) in [5.74, 6) is 0. The van der Waals surface area contributed by atoms with Crippen LogP contribution in [0.1, 0.15) is 29.8 Å². The fourth-order valence-corrected chi connectivity index (χ4v) is 2.58. The fraction of sp³-hybridized carbons (Fsp3) is 0.400. The highest BCUT2D eigenvalue weighted by Gasteiger charge is 2.14. The van der Waals surface area contributed by atoms with Crippen molar-refractivity contribution in [2.45, 2.75) is 25.7 Å². The number of halogens is 1. The normalized spacial score (nSPS) is 15.9. The van der Waals surface area contributed by atoms with Crippen LogP contribution in [-0.2, 0) is 12.8 Å². The van der Waals surface area contributed by atoms with Crippen LogP contribution in [0.15, 0.2) is 14.9 Å². The molecule has 0 saturated heterocycles. The van der Waals surface area contributed by atoms with E-state index in [1.807, 2.05) is 6.07 Å². The molecule has 14 heavy (non-hydrogen) atoms. The first-order valence-electron chi connectivity index (χ1n) is 4.67. The molecule has 0 fully saturated rings. The molecule has 4 heteroatoms. The summed E-state index contributed by atoms with van der Waals surface area (Å²) in [7, 11) is 0. The summed E-state index contributed by atoms with van der Waals surface area (Å²) < 4.78 is 4.84. The first-order chi connectivity index (χ1) is 6.81. The molecule has 0 bridgehead atoms. The highest BCUT2D eigenvalue weighted by Crippen LogP contribution is 2.27. The highest BCUT2D eigenvalue weighted by atomic mass is 79.9. The summed E-state index contributed by atoms with van der Waals surface area (Å²) in [5, 5.41) is 0. The molecule has 1 aliphatic carbocycles. The molecule has 1 aliphatic rings. The van der Waals surface area contributed by atoms with Crippen LogP contribution in [0, 0.1) is 0 Å². The summed E-state index contributed by atoms with van der Waals surface area (Å²) in [6.07, 6.45) is 6.41. The maximum absolute atomic E-state index is 4.54. The van der Waals surface area contributed by atoms with Crippen molar-refractivity contribution in [1.82, 2.24) is 4.98 Å². The molecule has 74 valence electrons. The molecule has 0 atom stereocenters. The van der Waals surface area contributed by atoms with Crippen LogP contribution in [0.5, 0.6) is 0 Å². The van der Waals surface area contributed by atoms with E-state index in [1.165, 1.54) is 24.1 Å². The molecule has 0 saturated carbocycles. The van der Waals surface area contributed by atoms with Crippen molar-refractivity contribution in [2.24, 2.45) is 4.40 Å². The Morgan fingerprint density at radius 2 is 2.21 bits per heavy atom. The zero-order valence-electron chi connectivity index (χ0n) is 7.70. The second-order valence-electron chi connectivity index (χ2n) is 3.41. The molecule has 1 aromatic heterocycles. The molecule has 0 aromatic carbocycles. The molecular weight excluding hydrogens is 260 g/mol. The van der Waals surface area contributed by atoms with Crippen LogP contribution in [0.4, 0.5) is 0 Å². The lowest BCUT2D eigenvalue weighted by atomic mass is 9.96. The quantitative estimate of drug-likeness (QED) is 0.616. The standard InChI is InChI=1S/C10H11BrN2S/c11-9-5-7(6-12-14)13-10-4-2-1-3-8(9)10/h5-6,14H,1-4H2. The predicted molar refractivity (Wildman–Crippen MR) is 65.2 cm³/mol. The molecular formula is C10H11BrN2S. The third-order valence-corrected chi connectivity index (χ3v) is 3.28. The Bertz CT molecular complexity index is 377. The molecule has 0 aliphatic heterocycles. The molecule has 1 aromatic rings. The molecule has 2 rings (SSSR count). The number of hydrogen-bond acceptors (Lipinski definition) is 3. The van der Waals surface area contributed by atoms with Crippen LogP contribution in [0.3, 0.4) is 0 Å². The number of aryl methyl sites for hydroxylation is 1. The van der Waals surface area contributed by atoms with Crippen molar-refractivity contribution in [3.05, 3.63) is 27.5 Å². The minimum atomic E-state index is 0.882. The van der Waals surface area contributed by atoms with Gasteiger partial charge in [0, 0.05) is 10.2 Å². The van der Waals surface area contributed by atoms with Gasteiger partial charge in [-0.1, -0.05) is 15.9 Å². The monoisotopic (exact) mass is 270 g/mol. The largest absolute Gasteiger partial charge is 0.251 e. The Kier molecular flexibility index (Phi) is 3.23. The van der Waals surface area contributed by atoms with Gasteiger partial charge < -0.3 is 0 Å². The highest BCUT2D eigenvalue weighted by molar-refractivity contribution is 9.10. The lowest BCUT2D eigenvalue weighted by molar-refractivity contribution is 0.665. The zero-order valence-corrected chi connectivity index (χ0v) is 10.2. The molecule has 0 radical (unpaired) electrons. The first-order valence-corrected chi connectivity index (χ1v) is 5.86. The summed E-state index contributed by atoms with van der Waals surface area (Å²) in [5.41, 5.74) is 3.47. The summed E-state index contributed by atoms with van der Waals surface area (Å²) in [4.78, 5) is 4.54. The van der Waals surface area contributed by atoms with Crippen molar-refractivity contribution in [1.29, 1.82) is 0 Å². The van der Waals surface area contributed by atoms with Crippen molar-refractivity contribution in [2.75, 3.05) is 0 Å². The third-order valence-electron chi connectivity index (χ3n) is 2.46. The molecule has 1 heterocycles. The van der Waals surface area contributed by atoms with Crippen molar-refractivity contribution >= 4 is 35.0 Å². The summed E-state index contributed by atoms with van der Waals surface area (Å²) in [6, 6.07) is 2.00. The molecule has 2 nitrogen and oxygen atoms in total. The number of rotatable bonds is 1. The van der Waals surface area contributed by atoms with Gasteiger partial charge in [0.05, 0.1) is 11.9 Å². The number of nitrogens with zero attached hydrogens (tertiary/aromatic N) is 2. The summed E-state index contributed by atoms with van der Waals surface area (Å²) >= 11 is 7.38. The van der Waals surface area contributed by atoms with Gasteiger partial charge in [-0.25, -0.2) is 4.40 Å². The number of thiol groups is 1. The minimum absolute atomic E-state index is 0.882. The van der Waals surface area contributed by atoms with Gasteiger partial charge in [0.2, 0.25) is 0 Å². The third kappa shape index (κ3) is 2.01. The Balaban J connectivity index is 2.46. The Labute approximate surface area is 97.5 Å². The number of fused-ring (bicyclic) bond motifs is 1. The van der Waals surface area contributed by atoms with Crippen molar-refractivity contribution in [3.8, 4) is 0 Å². The van der Waals surface area contributed by atoms with Gasteiger partial charge in [-0.2, -0.15) is 0 Å². The Morgan fingerprint density at radius 1 is 1.43 bits per heavy atom. The second-order valence-corrected chi connectivity index (χ2v) is 4.49. The van der Waals surface area contributed by atoms with Gasteiger partial charge in [0.15, 0.2) is 0 Å². The van der Waals surface area contributed by atoms with Gasteiger partial charge >= 0.3 is 0 Å². The lowest BCUT2D eigenvalue weighted by Gasteiger charge is -2.16. The van der Waals surface area contributed by atoms with E-state index in [9.17, 15) is 0 Å². The Morgan fingerprint density at radius 3 is 3.00 bits per heavy atom. The average molecular weight is 271 g/mol. The van der Waals surface area contributed by atoms with E-state index >= 15 is 0 Å². The van der Waals surface area contributed by atoms with Gasteiger partial charge in [-0.15, -0.1) is 0 Å². The summed E-state index contributed by atoms with van der Waals surface area (Å²) in [6.45, 7) is 0. The van der Waals surface area contributed by atoms with Crippen molar-refractivity contribution in [3.63, 3.8) is 0 Å². The van der Waals surface area contributed by atoms with Gasteiger partial charge in [-0.3, -0.25) is 4.98 Å². The maximum Gasteiger partial charge on any atom is 0.0833 e. The average Bonchev–Trinajstić information content (AvgIpc) is 2.18. The molecule has 0 amide bonds. The second kappa shape index (κ2) is 4.45. The maximum atomic E-state index is 4.54. The van der Waals surface area contributed by atoms with Crippen molar-refractivity contribution < 1.29 is 0 Å². The van der Waals surface area contributed by atoms with E-state index in [2.05, 4.69) is 38.1 Å². The van der Waals surface area contributed by atoms with Crippen LogP contribution in [0.25, 0.3) is 0 Å². The minimum Gasteiger partial charge on any atom is -0.251 e. The molecule has 0 unspecified atom stereocenters.